The Bertz CT molecular complexity index is 611. The lowest BCUT2D eigenvalue weighted by molar-refractivity contribution is 0.0992. The van der Waals surface area contributed by atoms with Crippen LogP contribution in [0.15, 0.2) is 11.1 Å². The highest BCUT2D eigenvalue weighted by atomic mass is 19.2. The van der Waals surface area contributed by atoms with Gasteiger partial charge in [0.1, 0.15) is 0 Å². The van der Waals surface area contributed by atoms with Gasteiger partial charge in [0.15, 0.2) is 29.2 Å². The second-order valence-electron chi connectivity index (χ2n) is 5.73. The van der Waals surface area contributed by atoms with E-state index in [-0.39, 0.29) is 24.3 Å². The zero-order chi connectivity index (χ0) is 16.6. The van der Waals surface area contributed by atoms with Gasteiger partial charge in [0.25, 0.3) is 0 Å². The van der Waals surface area contributed by atoms with Crippen LogP contribution in [-0.2, 0) is 11.3 Å². The number of rotatable bonds is 3. The van der Waals surface area contributed by atoms with Crippen molar-refractivity contribution in [3.05, 3.63) is 34.9 Å². The molecule has 2 aliphatic heterocycles. The molecule has 4 nitrogen and oxygen atoms in total. The Morgan fingerprint density at radius 2 is 1.91 bits per heavy atom. The Morgan fingerprint density at radius 3 is 2.43 bits per heavy atom. The summed E-state index contributed by atoms with van der Waals surface area (Å²) >= 11 is 0. The van der Waals surface area contributed by atoms with Crippen LogP contribution in [0, 0.1) is 23.3 Å². The van der Waals surface area contributed by atoms with Crippen molar-refractivity contribution in [3.63, 3.8) is 0 Å². The molecule has 1 aromatic rings. The maximum atomic E-state index is 13.6. The maximum absolute atomic E-state index is 13.6. The van der Waals surface area contributed by atoms with Crippen molar-refractivity contribution in [2.24, 2.45) is 4.99 Å². The summed E-state index contributed by atoms with van der Waals surface area (Å²) in [4.78, 5) is 3.96. The molecule has 2 aliphatic rings. The first-order chi connectivity index (χ1) is 11.0. The number of benzene rings is 1. The fourth-order valence-corrected chi connectivity index (χ4v) is 3.11. The van der Waals surface area contributed by atoms with Crippen molar-refractivity contribution in [1.82, 2.24) is 10.6 Å². The van der Waals surface area contributed by atoms with Gasteiger partial charge in [0.05, 0.1) is 18.2 Å². The van der Waals surface area contributed by atoms with E-state index in [4.69, 9.17) is 4.74 Å². The number of guanidine groups is 1. The van der Waals surface area contributed by atoms with Crippen LogP contribution in [0.2, 0.25) is 0 Å². The van der Waals surface area contributed by atoms with Crippen molar-refractivity contribution in [2.45, 2.75) is 44.1 Å². The molecule has 126 valence electrons. The van der Waals surface area contributed by atoms with Crippen LogP contribution in [0.3, 0.4) is 0 Å². The molecule has 2 heterocycles. The minimum atomic E-state index is -1.43. The molecule has 2 bridgehead atoms. The Labute approximate surface area is 130 Å². The van der Waals surface area contributed by atoms with Crippen molar-refractivity contribution in [3.8, 4) is 0 Å². The van der Waals surface area contributed by atoms with E-state index in [0.717, 1.165) is 19.3 Å². The minimum absolute atomic E-state index is 0.0684. The van der Waals surface area contributed by atoms with E-state index in [0.29, 0.717) is 5.96 Å². The third-order valence-corrected chi connectivity index (χ3v) is 4.29. The van der Waals surface area contributed by atoms with Crippen LogP contribution in [-0.4, -0.2) is 31.3 Å². The van der Waals surface area contributed by atoms with Crippen molar-refractivity contribution < 1.29 is 22.3 Å². The van der Waals surface area contributed by atoms with E-state index >= 15 is 0 Å². The quantitative estimate of drug-likeness (QED) is 0.386. The van der Waals surface area contributed by atoms with Crippen molar-refractivity contribution >= 4 is 5.96 Å². The summed E-state index contributed by atoms with van der Waals surface area (Å²) in [6.45, 7) is -0.423. The van der Waals surface area contributed by atoms with E-state index in [9.17, 15) is 17.6 Å². The van der Waals surface area contributed by atoms with Crippen molar-refractivity contribution in [2.75, 3.05) is 7.05 Å². The molecular formula is C15H17F4N3O. The third-order valence-electron chi connectivity index (χ3n) is 4.29. The highest BCUT2D eigenvalue weighted by molar-refractivity contribution is 5.80. The van der Waals surface area contributed by atoms with E-state index in [1.54, 1.807) is 0 Å². The lowest BCUT2D eigenvalue weighted by atomic mass is 9.96. The average molecular weight is 331 g/mol. The molecule has 0 amide bonds. The van der Waals surface area contributed by atoms with E-state index in [1.165, 1.54) is 7.05 Å². The zero-order valence-electron chi connectivity index (χ0n) is 12.5. The molecule has 0 spiro atoms. The molecule has 8 heteroatoms. The molecule has 2 saturated heterocycles. The van der Waals surface area contributed by atoms with E-state index in [2.05, 4.69) is 15.6 Å². The molecule has 3 rings (SSSR count). The van der Waals surface area contributed by atoms with Gasteiger partial charge in [0.2, 0.25) is 0 Å². The van der Waals surface area contributed by atoms with Gasteiger partial charge in [-0.25, -0.2) is 17.6 Å². The second kappa shape index (κ2) is 6.35. The molecule has 23 heavy (non-hydrogen) atoms. The van der Waals surface area contributed by atoms with Gasteiger partial charge in [-0.05, 0) is 19.3 Å². The van der Waals surface area contributed by atoms with Crippen LogP contribution in [0.4, 0.5) is 17.6 Å². The molecule has 2 N–H and O–H groups in total. The number of hydrogen-bond donors (Lipinski definition) is 2. The summed E-state index contributed by atoms with van der Waals surface area (Å²) in [6.07, 6.45) is 3.16. The molecule has 0 saturated carbocycles. The van der Waals surface area contributed by atoms with Gasteiger partial charge in [0, 0.05) is 25.2 Å². The monoisotopic (exact) mass is 331 g/mol. The number of halogens is 4. The van der Waals surface area contributed by atoms with Gasteiger partial charge in [-0.1, -0.05) is 0 Å². The summed E-state index contributed by atoms with van der Waals surface area (Å²) < 4.78 is 59.3. The Kier molecular flexibility index (Phi) is 4.43. The van der Waals surface area contributed by atoms with Crippen molar-refractivity contribution in [1.29, 1.82) is 0 Å². The Balaban J connectivity index is 1.65. The molecule has 3 unspecified atom stereocenters. The summed E-state index contributed by atoms with van der Waals surface area (Å²) in [5, 5.41) is 5.80. The zero-order valence-corrected chi connectivity index (χ0v) is 12.5. The fourth-order valence-electron chi connectivity index (χ4n) is 3.11. The molecule has 2 fully saturated rings. The SMILES string of the molecule is CN=C(NCc1c(F)c(F)cc(F)c1F)NC1CC2CCC1O2. The molecule has 1 aromatic carbocycles. The normalized spacial score (nSPS) is 26.7. The highest BCUT2D eigenvalue weighted by Crippen LogP contribution is 2.34. The van der Waals surface area contributed by atoms with Gasteiger partial charge < -0.3 is 15.4 Å². The summed E-state index contributed by atoms with van der Waals surface area (Å²) in [6, 6.07) is 0.257. The van der Waals surface area contributed by atoms with E-state index < -0.39 is 35.4 Å². The molecule has 0 aliphatic carbocycles. The van der Waals surface area contributed by atoms with E-state index in [1.807, 2.05) is 0 Å². The van der Waals surface area contributed by atoms with Crippen LogP contribution in [0.25, 0.3) is 0 Å². The number of nitrogens with zero attached hydrogens (tertiary/aromatic N) is 1. The fraction of sp³-hybridized carbons (Fsp3) is 0.533. The van der Waals surface area contributed by atoms with Crippen LogP contribution < -0.4 is 10.6 Å². The number of aliphatic imine (C=N–C) groups is 1. The number of fused-ring (bicyclic) bond motifs is 2. The number of nitrogens with one attached hydrogen (secondary N) is 2. The van der Waals surface area contributed by atoms with Crippen LogP contribution >= 0.6 is 0 Å². The number of hydrogen-bond acceptors (Lipinski definition) is 2. The predicted octanol–water partition coefficient (Wildman–Crippen LogP) is 2.23. The van der Waals surface area contributed by atoms with Crippen LogP contribution in [0.1, 0.15) is 24.8 Å². The first-order valence-corrected chi connectivity index (χ1v) is 7.44. The standard InChI is InChI=1S/C15H17F4N3O/c1-20-15(22-11-4-7-2-3-12(11)23-7)21-6-8-13(18)9(16)5-10(17)14(8)19/h5,7,11-12H,2-4,6H2,1H3,(H2,20,21,22). The van der Waals surface area contributed by atoms with Gasteiger partial charge in [-0.2, -0.15) is 0 Å². The van der Waals surface area contributed by atoms with Gasteiger partial charge in [-0.15, -0.1) is 0 Å². The summed E-state index contributed by atoms with van der Waals surface area (Å²) in [7, 11) is 1.50. The largest absolute Gasteiger partial charge is 0.373 e. The first-order valence-electron chi connectivity index (χ1n) is 7.44. The smallest absolute Gasteiger partial charge is 0.191 e. The van der Waals surface area contributed by atoms with Gasteiger partial charge in [-0.3, -0.25) is 4.99 Å². The maximum Gasteiger partial charge on any atom is 0.191 e. The summed E-state index contributed by atoms with van der Waals surface area (Å²) in [5.41, 5.74) is -0.699. The van der Waals surface area contributed by atoms with Crippen LogP contribution in [0.5, 0.6) is 0 Å². The first kappa shape index (κ1) is 16.0. The molecular weight excluding hydrogens is 314 g/mol. The third kappa shape index (κ3) is 3.12. The van der Waals surface area contributed by atoms with Gasteiger partial charge >= 0.3 is 0 Å². The topological polar surface area (TPSA) is 45.7 Å². The highest BCUT2D eigenvalue weighted by Gasteiger charge is 2.41. The minimum Gasteiger partial charge on any atom is -0.373 e. The lowest BCUT2D eigenvalue weighted by Gasteiger charge is -2.22. The summed E-state index contributed by atoms with van der Waals surface area (Å²) in [5.74, 6) is -5.37. The second-order valence-corrected chi connectivity index (χ2v) is 5.73. The molecule has 0 radical (unpaired) electrons. The Morgan fingerprint density at radius 1 is 1.22 bits per heavy atom. The predicted molar refractivity (Wildman–Crippen MR) is 75.9 cm³/mol. The molecule has 3 atom stereocenters. The lowest BCUT2D eigenvalue weighted by Crippen LogP contribution is -2.47. The molecule has 0 aromatic heterocycles. The Hall–Kier alpha value is -1.83. The number of ether oxygens (including phenoxy) is 1. The average Bonchev–Trinajstić information content (AvgIpc) is 3.14.